The zero-order chi connectivity index (χ0) is 9.90. The smallest absolute Gasteiger partial charge is 0.246 e. The fourth-order valence-corrected chi connectivity index (χ4v) is 1.78. The molecule has 0 saturated heterocycles. The molecule has 0 unspecified atom stereocenters. The van der Waals surface area contributed by atoms with E-state index in [4.69, 9.17) is 0 Å². The van der Waals surface area contributed by atoms with Crippen LogP contribution in [0.3, 0.4) is 0 Å². The summed E-state index contributed by atoms with van der Waals surface area (Å²) in [5, 5.41) is 3.10. The third-order valence-electron chi connectivity index (χ3n) is 2.91. The third-order valence-corrected chi connectivity index (χ3v) is 2.91. The molecule has 1 N–H and O–H groups in total. The lowest BCUT2D eigenvalue weighted by molar-refractivity contribution is -0.119. The molecule has 0 atom stereocenters. The molecule has 0 heterocycles. The Hall–Kier alpha value is -0.790. The second-order valence-corrected chi connectivity index (χ2v) is 4.19. The van der Waals surface area contributed by atoms with E-state index in [1.54, 1.807) is 0 Å². The summed E-state index contributed by atoms with van der Waals surface area (Å²) in [5.41, 5.74) is 0.870. The molecule has 0 aromatic heterocycles. The molecule has 0 aromatic carbocycles. The zero-order valence-corrected chi connectivity index (χ0v) is 8.81. The van der Waals surface area contributed by atoms with Crippen LogP contribution >= 0.6 is 0 Å². The number of nitrogens with one attached hydrogen (secondary N) is 1. The van der Waals surface area contributed by atoms with Crippen molar-refractivity contribution in [1.82, 2.24) is 5.32 Å². The molecule has 0 spiro atoms. The molecule has 0 bridgehead atoms. The van der Waals surface area contributed by atoms with Crippen molar-refractivity contribution in [3.63, 3.8) is 0 Å². The quantitative estimate of drug-likeness (QED) is 0.651. The summed E-state index contributed by atoms with van der Waals surface area (Å²) in [6.07, 6.45) is 6.58. The lowest BCUT2D eigenvalue weighted by atomic mass is 10.0. The lowest BCUT2D eigenvalue weighted by Crippen LogP contribution is -2.43. The molecular formula is C11H19NO. The predicted molar refractivity (Wildman–Crippen MR) is 54.4 cm³/mol. The molecule has 1 rings (SSSR count). The van der Waals surface area contributed by atoms with Gasteiger partial charge in [0.15, 0.2) is 0 Å². The minimum absolute atomic E-state index is 0.0569. The average molecular weight is 181 g/mol. The van der Waals surface area contributed by atoms with Gasteiger partial charge in [-0.05, 0) is 33.6 Å². The molecule has 1 aliphatic carbocycles. The van der Waals surface area contributed by atoms with E-state index in [1.165, 1.54) is 12.8 Å². The van der Waals surface area contributed by atoms with E-state index in [0.717, 1.165) is 18.4 Å². The summed E-state index contributed by atoms with van der Waals surface area (Å²) in [5.74, 6) is 0.0897. The van der Waals surface area contributed by atoms with E-state index >= 15 is 0 Å². The van der Waals surface area contributed by atoms with Gasteiger partial charge in [0.05, 0.1) is 0 Å². The second kappa shape index (κ2) is 3.95. The van der Waals surface area contributed by atoms with E-state index in [-0.39, 0.29) is 11.4 Å². The lowest BCUT2D eigenvalue weighted by Gasteiger charge is -2.25. The zero-order valence-electron chi connectivity index (χ0n) is 8.81. The van der Waals surface area contributed by atoms with Crippen molar-refractivity contribution in [3.8, 4) is 0 Å². The van der Waals surface area contributed by atoms with Gasteiger partial charge in [-0.15, -0.1) is 0 Å². The van der Waals surface area contributed by atoms with Gasteiger partial charge in [-0.1, -0.05) is 18.9 Å². The van der Waals surface area contributed by atoms with Crippen molar-refractivity contribution in [1.29, 1.82) is 0 Å². The first kappa shape index (κ1) is 10.3. The molecule has 0 aliphatic heterocycles. The second-order valence-electron chi connectivity index (χ2n) is 4.19. The van der Waals surface area contributed by atoms with E-state index in [0.29, 0.717) is 0 Å². The van der Waals surface area contributed by atoms with E-state index in [9.17, 15) is 4.79 Å². The SMILES string of the molecule is C/C=C(/C)C(=O)NC1(C)CCCC1. The highest BCUT2D eigenvalue weighted by Crippen LogP contribution is 2.28. The maximum atomic E-state index is 11.6. The van der Waals surface area contributed by atoms with Crippen LogP contribution in [0.2, 0.25) is 0 Å². The first-order valence-electron chi connectivity index (χ1n) is 5.03. The monoisotopic (exact) mass is 181 g/mol. The van der Waals surface area contributed by atoms with Crippen LogP contribution in [0.25, 0.3) is 0 Å². The van der Waals surface area contributed by atoms with Gasteiger partial charge < -0.3 is 5.32 Å². The summed E-state index contributed by atoms with van der Waals surface area (Å²) in [7, 11) is 0. The van der Waals surface area contributed by atoms with Crippen molar-refractivity contribution < 1.29 is 4.79 Å². The molecule has 1 fully saturated rings. The summed E-state index contributed by atoms with van der Waals surface area (Å²) in [6, 6.07) is 0. The van der Waals surface area contributed by atoms with Gasteiger partial charge in [0, 0.05) is 11.1 Å². The highest BCUT2D eigenvalue weighted by atomic mass is 16.1. The van der Waals surface area contributed by atoms with Gasteiger partial charge >= 0.3 is 0 Å². The van der Waals surface area contributed by atoms with Crippen LogP contribution < -0.4 is 5.32 Å². The van der Waals surface area contributed by atoms with Gasteiger partial charge in [-0.2, -0.15) is 0 Å². The van der Waals surface area contributed by atoms with Crippen LogP contribution in [0.1, 0.15) is 46.5 Å². The maximum absolute atomic E-state index is 11.6. The Labute approximate surface area is 80.4 Å². The third kappa shape index (κ3) is 2.58. The maximum Gasteiger partial charge on any atom is 0.246 e. The Morgan fingerprint density at radius 3 is 2.38 bits per heavy atom. The topological polar surface area (TPSA) is 29.1 Å². The van der Waals surface area contributed by atoms with Gasteiger partial charge in [0.25, 0.3) is 0 Å². The Morgan fingerprint density at radius 2 is 1.92 bits per heavy atom. The van der Waals surface area contributed by atoms with Crippen molar-refractivity contribution in [2.45, 2.75) is 52.0 Å². The summed E-state index contributed by atoms with van der Waals surface area (Å²) >= 11 is 0. The molecule has 1 aliphatic rings. The van der Waals surface area contributed by atoms with E-state index in [1.807, 2.05) is 19.9 Å². The van der Waals surface area contributed by atoms with Gasteiger partial charge in [-0.25, -0.2) is 0 Å². The molecule has 0 radical (unpaired) electrons. The molecule has 0 aromatic rings. The van der Waals surface area contributed by atoms with Crippen LogP contribution in [-0.2, 0) is 4.79 Å². The average Bonchev–Trinajstić information content (AvgIpc) is 2.50. The number of allylic oxidation sites excluding steroid dienone is 1. The Morgan fingerprint density at radius 1 is 1.38 bits per heavy atom. The normalized spacial score (nSPS) is 21.6. The van der Waals surface area contributed by atoms with Crippen molar-refractivity contribution >= 4 is 5.91 Å². The van der Waals surface area contributed by atoms with E-state index < -0.39 is 0 Å². The van der Waals surface area contributed by atoms with Crippen molar-refractivity contribution in [3.05, 3.63) is 11.6 Å². The first-order chi connectivity index (χ1) is 6.07. The van der Waals surface area contributed by atoms with Crippen molar-refractivity contribution in [2.75, 3.05) is 0 Å². The standard InChI is InChI=1S/C11H19NO/c1-4-9(2)10(13)12-11(3)7-5-6-8-11/h4H,5-8H2,1-3H3,(H,12,13)/b9-4-. The molecule has 13 heavy (non-hydrogen) atoms. The van der Waals surface area contributed by atoms with Gasteiger partial charge in [0.2, 0.25) is 5.91 Å². The molecule has 1 amide bonds. The molecule has 2 nitrogen and oxygen atoms in total. The molecule has 1 saturated carbocycles. The number of carbonyl (C=O) groups is 1. The van der Waals surface area contributed by atoms with Crippen LogP contribution in [0.15, 0.2) is 11.6 Å². The van der Waals surface area contributed by atoms with Gasteiger partial charge in [0.1, 0.15) is 0 Å². The molecular weight excluding hydrogens is 162 g/mol. The number of rotatable bonds is 2. The minimum atomic E-state index is 0.0569. The number of hydrogen-bond acceptors (Lipinski definition) is 1. The predicted octanol–water partition coefficient (Wildman–Crippen LogP) is 2.40. The summed E-state index contributed by atoms with van der Waals surface area (Å²) < 4.78 is 0. The van der Waals surface area contributed by atoms with Crippen LogP contribution in [0.4, 0.5) is 0 Å². The fourth-order valence-electron chi connectivity index (χ4n) is 1.78. The fraction of sp³-hybridized carbons (Fsp3) is 0.727. The van der Waals surface area contributed by atoms with Crippen molar-refractivity contribution in [2.24, 2.45) is 0 Å². The first-order valence-corrected chi connectivity index (χ1v) is 5.03. The van der Waals surface area contributed by atoms with Crippen LogP contribution in [-0.4, -0.2) is 11.4 Å². The van der Waals surface area contributed by atoms with Crippen LogP contribution in [0, 0.1) is 0 Å². The number of hydrogen-bond donors (Lipinski definition) is 1. The molecule has 2 heteroatoms. The minimum Gasteiger partial charge on any atom is -0.347 e. The number of carbonyl (C=O) groups excluding carboxylic acids is 1. The Balaban J connectivity index is 2.53. The summed E-state index contributed by atoms with van der Waals surface area (Å²) in [6.45, 7) is 5.89. The largest absolute Gasteiger partial charge is 0.347 e. The highest BCUT2D eigenvalue weighted by molar-refractivity contribution is 5.93. The summed E-state index contributed by atoms with van der Waals surface area (Å²) in [4.78, 5) is 11.6. The van der Waals surface area contributed by atoms with Crippen LogP contribution in [0.5, 0.6) is 0 Å². The molecule has 74 valence electrons. The number of amides is 1. The highest BCUT2D eigenvalue weighted by Gasteiger charge is 2.29. The Bertz CT molecular complexity index is 224. The van der Waals surface area contributed by atoms with E-state index in [2.05, 4.69) is 12.2 Å². The Kier molecular flexibility index (Phi) is 3.12. The van der Waals surface area contributed by atoms with Gasteiger partial charge in [-0.3, -0.25) is 4.79 Å².